The van der Waals surface area contributed by atoms with Crippen molar-refractivity contribution in [2.24, 2.45) is 0 Å². The average Bonchev–Trinajstić information content (AvgIpc) is 2.59. The van der Waals surface area contributed by atoms with Gasteiger partial charge in [-0.3, -0.25) is 4.79 Å². The fourth-order valence-corrected chi connectivity index (χ4v) is 1.42. The average molecular weight is 197 g/mol. The molecule has 1 aliphatic heterocycles. The Morgan fingerprint density at radius 3 is 3.07 bits per heavy atom. The minimum absolute atomic E-state index is 0.0838. The van der Waals surface area contributed by atoms with Crippen LogP contribution < -0.4 is 10.6 Å². The normalized spacial score (nSPS) is 25.7. The largest absolute Gasteiger partial charge is 0.392 e. The number of carbonyl (C=O) groups excluding carboxylic acids is 1. The van der Waals surface area contributed by atoms with Gasteiger partial charge in [-0.1, -0.05) is 0 Å². The molecular weight excluding hydrogens is 182 g/mol. The second-order valence-electron chi connectivity index (χ2n) is 3.40. The molecule has 1 saturated heterocycles. The molecule has 0 aliphatic carbocycles. The molecule has 2 unspecified atom stereocenters. The van der Waals surface area contributed by atoms with E-state index >= 15 is 0 Å². The van der Waals surface area contributed by atoms with Crippen molar-refractivity contribution in [3.8, 4) is 6.07 Å². The van der Waals surface area contributed by atoms with Crippen molar-refractivity contribution in [3.05, 3.63) is 0 Å². The molecule has 0 aromatic heterocycles. The Hall–Kier alpha value is -1.12. The molecule has 0 radical (unpaired) electrons. The molecule has 1 aliphatic rings. The van der Waals surface area contributed by atoms with Gasteiger partial charge in [0.05, 0.1) is 18.2 Å². The number of β-amino-alcohol motifs (C(OH)–C–C–N with tert-alkyl or cyclic N) is 1. The predicted molar refractivity (Wildman–Crippen MR) is 50.3 cm³/mol. The van der Waals surface area contributed by atoms with Crippen molar-refractivity contribution in [1.82, 2.24) is 10.6 Å². The van der Waals surface area contributed by atoms with Crippen LogP contribution in [-0.4, -0.2) is 36.2 Å². The number of nitrogens with one attached hydrogen (secondary N) is 2. The number of amides is 1. The van der Waals surface area contributed by atoms with Gasteiger partial charge < -0.3 is 15.7 Å². The van der Waals surface area contributed by atoms with Crippen LogP contribution in [0.25, 0.3) is 0 Å². The van der Waals surface area contributed by atoms with Gasteiger partial charge in [-0.25, -0.2) is 0 Å². The maximum Gasteiger partial charge on any atom is 0.237 e. The van der Waals surface area contributed by atoms with Crippen LogP contribution in [0, 0.1) is 11.3 Å². The summed E-state index contributed by atoms with van der Waals surface area (Å²) in [5.74, 6) is -0.0838. The maximum absolute atomic E-state index is 11.4. The number of aliphatic hydroxyl groups excluding tert-OH is 1. The molecule has 5 heteroatoms. The first-order chi connectivity index (χ1) is 6.74. The van der Waals surface area contributed by atoms with Crippen LogP contribution in [0.15, 0.2) is 0 Å². The second kappa shape index (κ2) is 5.58. The highest BCUT2D eigenvalue weighted by atomic mass is 16.3. The van der Waals surface area contributed by atoms with Crippen LogP contribution in [0.4, 0.5) is 0 Å². The van der Waals surface area contributed by atoms with E-state index in [1.807, 2.05) is 6.07 Å². The van der Waals surface area contributed by atoms with Crippen LogP contribution in [-0.2, 0) is 4.79 Å². The number of nitrogens with zero attached hydrogens (tertiary/aromatic N) is 1. The van der Waals surface area contributed by atoms with E-state index in [-0.39, 0.29) is 11.9 Å². The number of carbonyl (C=O) groups is 1. The third kappa shape index (κ3) is 3.32. The molecular formula is C9H15N3O2. The highest BCUT2D eigenvalue weighted by molar-refractivity contribution is 5.82. The summed E-state index contributed by atoms with van der Waals surface area (Å²) in [5, 5.41) is 23.1. The summed E-state index contributed by atoms with van der Waals surface area (Å²) in [7, 11) is 0. The van der Waals surface area contributed by atoms with Crippen molar-refractivity contribution in [1.29, 1.82) is 5.26 Å². The molecule has 78 valence electrons. The van der Waals surface area contributed by atoms with Gasteiger partial charge in [0.15, 0.2) is 0 Å². The summed E-state index contributed by atoms with van der Waals surface area (Å²) in [6.07, 6.45) is 1.20. The Morgan fingerprint density at radius 1 is 1.71 bits per heavy atom. The minimum Gasteiger partial charge on any atom is -0.392 e. The third-order valence-corrected chi connectivity index (χ3v) is 2.19. The molecule has 3 N–H and O–H groups in total. The Bertz CT molecular complexity index is 237. The zero-order valence-corrected chi connectivity index (χ0v) is 7.99. The van der Waals surface area contributed by atoms with Gasteiger partial charge >= 0.3 is 0 Å². The van der Waals surface area contributed by atoms with E-state index < -0.39 is 6.10 Å². The standard InChI is InChI=1S/C9H15N3O2/c10-3-1-2-4-11-9(14)8-5-7(13)6-12-8/h7-8,12-13H,1-2,4-6H2,(H,11,14). The zero-order valence-electron chi connectivity index (χ0n) is 7.99. The molecule has 0 saturated carbocycles. The predicted octanol–water partition coefficient (Wildman–Crippen LogP) is -0.871. The van der Waals surface area contributed by atoms with Crippen LogP contribution in [0.5, 0.6) is 0 Å². The first-order valence-electron chi connectivity index (χ1n) is 4.80. The molecule has 0 aromatic carbocycles. The van der Waals surface area contributed by atoms with Crippen molar-refractivity contribution in [3.63, 3.8) is 0 Å². The number of unbranched alkanes of at least 4 members (excludes halogenated alkanes) is 1. The monoisotopic (exact) mass is 197 g/mol. The molecule has 0 spiro atoms. The number of nitriles is 1. The molecule has 0 aromatic rings. The summed E-state index contributed by atoms with van der Waals surface area (Å²) < 4.78 is 0. The Balaban J connectivity index is 2.13. The van der Waals surface area contributed by atoms with Crippen LogP contribution >= 0.6 is 0 Å². The summed E-state index contributed by atoms with van der Waals surface area (Å²) in [5.41, 5.74) is 0. The summed E-state index contributed by atoms with van der Waals surface area (Å²) >= 11 is 0. The van der Waals surface area contributed by atoms with E-state index in [0.717, 1.165) is 0 Å². The van der Waals surface area contributed by atoms with Gasteiger partial charge in [0, 0.05) is 19.5 Å². The lowest BCUT2D eigenvalue weighted by Gasteiger charge is -2.09. The van der Waals surface area contributed by atoms with E-state index in [1.165, 1.54) is 0 Å². The van der Waals surface area contributed by atoms with E-state index in [9.17, 15) is 9.90 Å². The van der Waals surface area contributed by atoms with Gasteiger partial charge in [-0.2, -0.15) is 5.26 Å². The van der Waals surface area contributed by atoms with Crippen LogP contribution in [0.1, 0.15) is 19.3 Å². The Kier molecular flexibility index (Phi) is 4.36. The van der Waals surface area contributed by atoms with E-state index in [4.69, 9.17) is 5.26 Å². The number of hydrogen-bond donors (Lipinski definition) is 3. The molecule has 1 fully saturated rings. The van der Waals surface area contributed by atoms with Gasteiger partial charge in [0.2, 0.25) is 5.91 Å². The third-order valence-electron chi connectivity index (χ3n) is 2.19. The SMILES string of the molecule is N#CCCCNC(=O)C1CC(O)CN1. The molecule has 1 amide bonds. The Labute approximate surface area is 83.1 Å². The lowest BCUT2D eigenvalue weighted by molar-refractivity contribution is -0.122. The molecule has 2 atom stereocenters. The maximum atomic E-state index is 11.4. The second-order valence-corrected chi connectivity index (χ2v) is 3.40. The summed E-state index contributed by atoms with van der Waals surface area (Å²) in [6, 6.07) is 1.74. The molecule has 14 heavy (non-hydrogen) atoms. The van der Waals surface area contributed by atoms with Gasteiger partial charge in [-0.05, 0) is 12.8 Å². The molecule has 0 bridgehead atoms. The van der Waals surface area contributed by atoms with Gasteiger partial charge in [0.25, 0.3) is 0 Å². The number of rotatable bonds is 4. The van der Waals surface area contributed by atoms with Gasteiger partial charge in [-0.15, -0.1) is 0 Å². The van der Waals surface area contributed by atoms with Crippen molar-refractivity contribution in [2.75, 3.05) is 13.1 Å². The quantitative estimate of drug-likeness (QED) is 0.511. The first kappa shape index (κ1) is 11.0. The van der Waals surface area contributed by atoms with Crippen molar-refractivity contribution in [2.45, 2.75) is 31.4 Å². The molecule has 1 heterocycles. The zero-order chi connectivity index (χ0) is 10.4. The highest BCUT2D eigenvalue weighted by Gasteiger charge is 2.27. The van der Waals surface area contributed by atoms with E-state index in [2.05, 4.69) is 10.6 Å². The first-order valence-corrected chi connectivity index (χ1v) is 4.80. The van der Waals surface area contributed by atoms with E-state index in [1.54, 1.807) is 0 Å². The highest BCUT2D eigenvalue weighted by Crippen LogP contribution is 2.05. The fourth-order valence-electron chi connectivity index (χ4n) is 1.42. The number of aliphatic hydroxyl groups is 1. The molecule has 5 nitrogen and oxygen atoms in total. The summed E-state index contributed by atoms with van der Waals surface area (Å²) in [6.45, 7) is 1.01. The minimum atomic E-state index is -0.412. The van der Waals surface area contributed by atoms with Crippen molar-refractivity contribution >= 4 is 5.91 Å². The Morgan fingerprint density at radius 2 is 2.50 bits per heavy atom. The van der Waals surface area contributed by atoms with Crippen molar-refractivity contribution < 1.29 is 9.90 Å². The number of hydrogen-bond acceptors (Lipinski definition) is 4. The smallest absolute Gasteiger partial charge is 0.237 e. The lowest BCUT2D eigenvalue weighted by Crippen LogP contribution is -2.40. The summed E-state index contributed by atoms with van der Waals surface area (Å²) in [4.78, 5) is 11.4. The topological polar surface area (TPSA) is 85.2 Å². The van der Waals surface area contributed by atoms with E-state index in [0.29, 0.717) is 32.4 Å². The lowest BCUT2D eigenvalue weighted by atomic mass is 10.2. The van der Waals surface area contributed by atoms with Crippen LogP contribution in [0.2, 0.25) is 0 Å². The molecule has 1 rings (SSSR count). The van der Waals surface area contributed by atoms with Crippen LogP contribution in [0.3, 0.4) is 0 Å². The fraction of sp³-hybridized carbons (Fsp3) is 0.778. The van der Waals surface area contributed by atoms with Gasteiger partial charge in [0.1, 0.15) is 0 Å².